The molecule has 4 aromatic rings. The van der Waals surface area contributed by atoms with Gasteiger partial charge in [-0.2, -0.15) is 5.10 Å². The first kappa shape index (κ1) is 15.3. The fraction of sp³-hybridized carbons (Fsp3) is 0.316. The Hall–Kier alpha value is -2.93. The summed E-state index contributed by atoms with van der Waals surface area (Å²) in [7, 11) is 2.12. The average Bonchev–Trinajstić information content (AvgIpc) is 3.27. The van der Waals surface area contributed by atoms with E-state index >= 15 is 0 Å². The number of fused-ring (bicyclic) bond motifs is 2. The number of rotatable bonds is 3. The summed E-state index contributed by atoms with van der Waals surface area (Å²) in [5, 5.41) is 13.7. The summed E-state index contributed by atoms with van der Waals surface area (Å²) >= 11 is 0. The van der Waals surface area contributed by atoms with Crippen LogP contribution in [-0.4, -0.2) is 55.5 Å². The number of benzene rings is 1. The highest BCUT2D eigenvalue weighted by atomic mass is 15.3. The largest absolute Gasteiger partial charge is 0.368 e. The number of aromatic nitrogens is 5. The molecule has 0 spiro atoms. The fourth-order valence-electron chi connectivity index (χ4n) is 3.84. The maximum Gasteiger partial charge on any atom is 0.179 e. The smallest absolute Gasteiger partial charge is 0.179 e. The molecule has 3 aromatic heterocycles. The Morgan fingerprint density at radius 2 is 1.92 bits per heavy atom. The quantitative estimate of drug-likeness (QED) is 0.567. The van der Waals surface area contributed by atoms with Crippen LogP contribution in [0.15, 0.2) is 49.1 Å². The third kappa shape index (κ3) is 2.61. The lowest BCUT2D eigenvalue weighted by Crippen LogP contribution is -2.46. The molecule has 0 bridgehead atoms. The van der Waals surface area contributed by atoms with Gasteiger partial charge in [0.1, 0.15) is 6.33 Å². The molecule has 0 saturated carbocycles. The van der Waals surface area contributed by atoms with E-state index in [9.17, 15) is 0 Å². The van der Waals surface area contributed by atoms with Crippen LogP contribution in [0.1, 0.15) is 5.56 Å². The zero-order chi connectivity index (χ0) is 17.5. The molecule has 26 heavy (non-hydrogen) atoms. The summed E-state index contributed by atoms with van der Waals surface area (Å²) in [5.41, 5.74) is 4.62. The van der Waals surface area contributed by atoms with Crippen molar-refractivity contribution in [1.82, 2.24) is 29.3 Å². The Labute approximate surface area is 151 Å². The molecule has 1 saturated heterocycles. The first-order chi connectivity index (χ1) is 12.8. The lowest BCUT2D eigenvalue weighted by Gasteiger charge is -2.35. The Bertz CT molecular complexity index is 1060. The van der Waals surface area contributed by atoms with Crippen molar-refractivity contribution in [3.8, 4) is 0 Å². The number of hydrogen-bond acceptors (Lipinski definition) is 5. The molecule has 0 unspecified atom stereocenters. The highest BCUT2D eigenvalue weighted by Gasteiger charge is 2.19. The van der Waals surface area contributed by atoms with Crippen molar-refractivity contribution in [2.75, 3.05) is 31.1 Å². The molecule has 0 amide bonds. The van der Waals surface area contributed by atoms with E-state index in [2.05, 4.69) is 73.2 Å². The maximum absolute atomic E-state index is 4.37. The van der Waals surface area contributed by atoms with E-state index in [1.807, 2.05) is 6.20 Å². The monoisotopic (exact) mass is 347 g/mol. The molecule has 0 atom stereocenters. The van der Waals surface area contributed by atoms with Crippen LogP contribution in [0.25, 0.3) is 16.6 Å². The number of hydrogen-bond donors (Lipinski definition) is 0. The molecule has 1 fully saturated rings. The predicted octanol–water partition coefficient (Wildman–Crippen LogP) is 1.94. The van der Waals surface area contributed by atoms with Crippen molar-refractivity contribution < 1.29 is 0 Å². The molecular weight excluding hydrogens is 326 g/mol. The second-order valence-corrected chi connectivity index (χ2v) is 6.89. The van der Waals surface area contributed by atoms with E-state index in [-0.39, 0.29) is 0 Å². The molecule has 132 valence electrons. The summed E-state index contributed by atoms with van der Waals surface area (Å²) in [6.45, 7) is 5.08. The zero-order valence-corrected chi connectivity index (χ0v) is 14.8. The van der Waals surface area contributed by atoms with Crippen molar-refractivity contribution in [3.63, 3.8) is 0 Å². The van der Waals surface area contributed by atoms with E-state index in [1.54, 1.807) is 10.8 Å². The average molecular weight is 347 g/mol. The van der Waals surface area contributed by atoms with Gasteiger partial charge in [0, 0.05) is 62.9 Å². The predicted molar refractivity (Wildman–Crippen MR) is 101 cm³/mol. The molecule has 7 heteroatoms. The van der Waals surface area contributed by atoms with Crippen molar-refractivity contribution in [2.24, 2.45) is 7.05 Å². The highest BCUT2D eigenvalue weighted by molar-refractivity contribution is 5.83. The highest BCUT2D eigenvalue weighted by Crippen LogP contribution is 2.23. The molecule has 7 nitrogen and oxygen atoms in total. The van der Waals surface area contributed by atoms with E-state index in [0.717, 1.165) is 44.1 Å². The van der Waals surface area contributed by atoms with Gasteiger partial charge in [-0.05, 0) is 11.6 Å². The summed E-state index contributed by atoms with van der Waals surface area (Å²) in [5.74, 6) is 0. The minimum Gasteiger partial charge on any atom is -0.368 e. The minimum atomic E-state index is 0.792. The molecule has 1 aromatic carbocycles. The van der Waals surface area contributed by atoms with Gasteiger partial charge in [-0.1, -0.05) is 18.2 Å². The molecule has 0 radical (unpaired) electrons. The van der Waals surface area contributed by atoms with Crippen LogP contribution in [0, 0.1) is 0 Å². The number of para-hydroxylation sites is 1. The number of aryl methyl sites for hydroxylation is 1. The summed E-state index contributed by atoms with van der Waals surface area (Å²) in [6, 6.07) is 10.7. The Morgan fingerprint density at radius 3 is 2.81 bits per heavy atom. The zero-order valence-electron chi connectivity index (χ0n) is 14.8. The molecule has 0 N–H and O–H groups in total. The van der Waals surface area contributed by atoms with Crippen LogP contribution in [-0.2, 0) is 13.6 Å². The third-order valence-electron chi connectivity index (χ3n) is 5.26. The van der Waals surface area contributed by atoms with Crippen LogP contribution >= 0.6 is 0 Å². The normalized spacial score (nSPS) is 16.0. The van der Waals surface area contributed by atoms with Gasteiger partial charge in [-0.25, -0.2) is 4.52 Å². The van der Waals surface area contributed by atoms with Gasteiger partial charge in [-0.15, -0.1) is 10.2 Å². The molecule has 1 aliphatic heterocycles. The Morgan fingerprint density at radius 1 is 1.08 bits per heavy atom. The fourth-order valence-corrected chi connectivity index (χ4v) is 3.84. The molecular formula is C19H21N7. The lowest BCUT2D eigenvalue weighted by molar-refractivity contribution is 0.250. The van der Waals surface area contributed by atoms with Crippen LogP contribution in [0.2, 0.25) is 0 Å². The standard InChI is InChI=1S/C19H21N7/c1-23-12-15(17-4-2-3-5-18(17)23)13-24-6-8-25(9-7-24)16-10-19-22-20-14-26(19)21-11-16/h2-5,10-12,14H,6-9,13H2,1H3. The van der Waals surface area contributed by atoms with Gasteiger partial charge in [0.15, 0.2) is 5.65 Å². The number of nitrogens with zero attached hydrogens (tertiary/aromatic N) is 7. The van der Waals surface area contributed by atoms with Crippen molar-refractivity contribution in [1.29, 1.82) is 0 Å². The Kier molecular flexibility index (Phi) is 3.60. The van der Waals surface area contributed by atoms with E-state index in [4.69, 9.17) is 0 Å². The van der Waals surface area contributed by atoms with Gasteiger partial charge in [0.25, 0.3) is 0 Å². The van der Waals surface area contributed by atoms with Gasteiger partial charge in [0.2, 0.25) is 0 Å². The van der Waals surface area contributed by atoms with E-state index in [0.29, 0.717) is 0 Å². The number of anilines is 1. The first-order valence-electron chi connectivity index (χ1n) is 8.94. The SMILES string of the molecule is Cn1cc(CN2CCN(c3cnn4cnnc4c3)CC2)c2ccccc21. The van der Waals surface area contributed by atoms with Crippen molar-refractivity contribution in [2.45, 2.75) is 6.54 Å². The van der Waals surface area contributed by atoms with Gasteiger partial charge in [0.05, 0.1) is 11.9 Å². The summed E-state index contributed by atoms with van der Waals surface area (Å²) in [4.78, 5) is 4.91. The van der Waals surface area contributed by atoms with Gasteiger partial charge >= 0.3 is 0 Å². The molecule has 1 aliphatic rings. The van der Waals surface area contributed by atoms with Crippen LogP contribution < -0.4 is 4.90 Å². The topological polar surface area (TPSA) is 54.5 Å². The van der Waals surface area contributed by atoms with Gasteiger partial charge < -0.3 is 9.47 Å². The van der Waals surface area contributed by atoms with Crippen LogP contribution in [0.4, 0.5) is 5.69 Å². The van der Waals surface area contributed by atoms with Crippen LogP contribution in [0.5, 0.6) is 0 Å². The van der Waals surface area contributed by atoms with E-state index in [1.165, 1.54) is 16.5 Å². The molecule has 0 aliphatic carbocycles. The Balaban J connectivity index is 1.29. The first-order valence-corrected chi connectivity index (χ1v) is 8.94. The number of piperazine rings is 1. The summed E-state index contributed by atoms with van der Waals surface area (Å²) < 4.78 is 3.92. The minimum absolute atomic E-state index is 0.792. The van der Waals surface area contributed by atoms with Gasteiger partial charge in [-0.3, -0.25) is 4.90 Å². The third-order valence-corrected chi connectivity index (χ3v) is 5.26. The van der Waals surface area contributed by atoms with Crippen LogP contribution in [0.3, 0.4) is 0 Å². The molecule has 5 rings (SSSR count). The van der Waals surface area contributed by atoms with Crippen molar-refractivity contribution in [3.05, 3.63) is 54.6 Å². The second kappa shape index (κ2) is 6.10. The second-order valence-electron chi connectivity index (χ2n) is 6.89. The molecule has 4 heterocycles. The summed E-state index contributed by atoms with van der Waals surface area (Å²) in [6.07, 6.45) is 5.79. The van der Waals surface area contributed by atoms with Crippen molar-refractivity contribution >= 4 is 22.2 Å². The van der Waals surface area contributed by atoms with E-state index < -0.39 is 0 Å². The lowest BCUT2D eigenvalue weighted by atomic mass is 10.1. The maximum atomic E-state index is 4.37.